The van der Waals surface area contributed by atoms with Crippen LogP contribution >= 0.6 is 0 Å². The zero-order valence-electron chi connectivity index (χ0n) is 11.6. The Balaban J connectivity index is 1.92. The predicted octanol–water partition coefficient (Wildman–Crippen LogP) is 2.57. The van der Waals surface area contributed by atoms with E-state index in [-0.39, 0.29) is 0 Å². The second-order valence-electron chi connectivity index (χ2n) is 6.77. The lowest BCUT2D eigenvalue weighted by molar-refractivity contribution is -0.152. The summed E-state index contributed by atoms with van der Waals surface area (Å²) in [5.74, 6) is 1.05. The third-order valence-electron chi connectivity index (χ3n) is 6.29. The van der Waals surface area contributed by atoms with Gasteiger partial charge in [0, 0.05) is 22.9 Å². The maximum Gasteiger partial charge on any atom is 0.122 e. The van der Waals surface area contributed by atoms with Crippen molar-refractivity contribution in [3.8, 4) is 5.75 Å². The Morgan fingerprint density at radius 2 is 2.06 bits per heavy atom. The number of aryl methyl sites for hydroxylation is 1. The summed E-state index contributed by atoms with van der Waals surface area (Å²) in [6.07, 6.45) is 2.46. The van der Waals surface area contributed by atoms with Gasteiger partial charge in [-0.25, -0.2) is 0 Å². The van der Waals surface area contributed by atoms with Crippen molar-refractivity contribution in [2.24, 2.45) is 5.41 Å². The highest BCUT2D eigenvalue weighted by Crippen LogP contribution is 2.67. The Hall–Kier alpha value is -1.02. The molecule has 1 aromatic rings. The van der Waals surface area contributed by atoms with Crippen LogP contribution in [0.4, 0.5) is 0 Å². The number of nitrogens with one attached hydrogen (secondary N) is 1. The van der Waals surface area contributed by atoms with Crippen LogP contribution in [0.15, 0.2) is 12.1 Å². The molecule has 0 spiro atoms. The molecule has 1 saturated heterocycles. The Morgan fingerprint density at radius 1 is 1.28 bits per heavy atom. The van der Waals surface area contributed by atoms with Crippen molar-refractivity contribution >= 4 is 0 Å². The van der Waals surface area contributed by atoms with E-state index in [1.807, 2.05) is 0 Å². The van der Waals surface area contributed by atoms with E-state index < -0.39 is 0 Å². The van der Waals surface area contributed by atoms with Crippen molar-refractivity contribution in [1.82, 2.24) is 5.32 Å². The van der Waals surface area contributed by atoms with Gasteiger partial charge in [-0.15, -0.1) is 0 Å². The minimum atomic E-state index is 0.349. The number of benzene rings is 1. The van der Waals surface area contributed by atoms with Gasteiger partial charge in [0.2, 0.25) is 0 Å². The van der Waals surface area contributed by atoms with Crippen LogP contribution in [0.3, 0.4) is 0 Å². The summed E-state index contributed by atoms with van der Waals surface area (Å²) in [5, 5.41) is 3.73. The zero-order valence-corrected chi connectivity index (χ0v) is 11.6. The number of ether oxygens (including phenoxy) is 1. The van der Waals surface area contributed by atoms with E-state index in [2.05, 4.69) is 38.2 Å². The van der Waals surface area contributed by atoms with Crippen molar-refractivity contribution in [3.05, 3.63) is 28.8 Å². The molecule has 18 heavy (non-hydrogen) atoms. The van der Waals surface area contributed by atoms with Crippen molar-refractivity contribution < 1.29 is 4.74 Å². The van der Waals surface area contributed by atoms with Crippen LogP contribution in [0.25, 0.3) is 0 Å². The van der Waals surface area contributed by atoms with Gasteiger partial charge in [-0.1, -0.05) is 19.9 Å². The first-order valence-electron chi connectivity index (χ1n) is 6.95. The second-order valence-corrected chi connectivity index (χ2v) is 6.77. The average Bonchev–Trinajstić information content (AvgIpc) is 2.34. The summed E-state index contributed by atoms with van der Waals surface area (Å²) < 4.78 is 5.52. The molecule has 2 heteroatoms. The molecule has 1 saturated carbocycles. The molecule has 1 N–H and O–H groups in total. The molecule has 0 radical (unpaired) electrons. The quantitative estimate of drug-likeness (QED) is 0.818. The number of hydrogen-bond acceptors (Lipinski definition) is 2. The molecule has 4 atom stereocenters. The summed E-state index contributed by atoms with van der Waals surface area (Å²) in [4.78, 5) is 0. The smallest absolute Gasteiger partial charge is 0.122 e. The molecule has 0 aromatic heterocycles. The van der Waals surface area contributed by atoms with E-state index >= 15 is 0 Å². The number of piperidine rings is 1. The van der Waals surface area contributed by atoms with Gasteiger partial charge in [-0.2, -0.15) is 0 Å². The number of hydrogen-bond donors (Lipinski definition) is 1. The van der Waals surface area contributed by atoms with Gasteiger partial charge >= 0.3 is 0 Å². The fourth-order valence-electron chi connectivity index (χ4n) is 4.81. The van der Waals surface area contributed by atoms with Gasteiger partial charge in [-0.3, -0.25) is 0 Å². The zero-order chi connectivity index (χ0) is 12.7. The minimum Gasteiger partial charge on any atom is -0.496 e. The molecule has 1 aliphatic heterocycles. The first kappa shape index (κ1) is 10.9. The number of rotatable bonds is 1. The van der Waals surface area contributed by atoms with Crippen LogP contribution in [0.1, 0.15) is 37.0 Å². The fraction of sp³-hybridized carbons (Fsp3) is 0.625. The molecule has 4 rings (SSSR count). The molecular formula is C16H21NO. The Kier molecular flexibility index (Phi) is 1.77. The van der Waals surface area contributed by atoms with Gasteiger partial charge in [0.25, 0.3) is 0 Å². The Labute approximate surface area is 109 Å². The monoisotopic (exact) mass is 243 g/mol. The van der Waals surface area contributed by atoms with Crippen LogP contribution in [-0.4, -0.2) is 19.2 Å². The fourth-order valence-corrected chi connectivity index (χ4v) is 4.81. The Morgan fingerprint density at radius 3 is 2.72 bits per heavy atom. The van der Waals surface area contributed by atoms with E-state index in [1.54, 1.807) is 12.7 Å². The third-order valence-corrected chi connectivity index (χ3v) is 6.29. The number of methoxy groups -OCH3 is 1. The van der Waals surface area contributed by atoms with E-state index in [0.717, 1.165) is 11.8 Å². The lowest BCUT2D eigenvalue weighted by Crippen LogP contribution is -2.85. The highest BCUT2D eigenvalue weighted by molar-refractivity contribution is 5.53. The molecule has 1 heterocycles. The topological polar surface area (TPSA) is 21.3 Å². The molecule has 3 aliphatic rings. The summed E-state index contributed by atoms with van der Waals surface area (Å²) >= 11 is 0. The van der Waals surface area contributed by atoms with E-state index in [4.69, 9.17) is 4.74 Å². The molecule has 0 bridgehead atoms. The van der Waals surface area contributed by atoms with Crippen LogP contribution in [0, 0.1) is 12.3 Å². The normalized spacial score (nSPS) is 43.3. The minimum absolute atomic E-state index is 0.349. The van der Waals surface area contributed by atoms with Gasteiger partial charge in [0.1, 0.15) is 5.75 Å². The van der Waals surface area contributed by atoms with Crippen molar-refractivity contribution in [2.45, 2.75) is 51.1 Å². The van der Waals surface area contributed by atoms with Crippen LogP contribution < -0.4 is 10.1 Å². The Bertz CT molecular complexity index is 552. The second kappa shape index (κ2) is 2.93. The lowest BCUT2D eigenvalue weighted by atomic mass is 9.36. The van der Waals surface area contributed by atoms with E-state index in [0.29, 0.717) is 16.9 Å². The maximum absolute atomic E-state index is 5.52. The third kappa shape index (κ3) is 0.902. The maximum atomic E-state index is 5.52. The van der Waals surface area contributed by atoms with Gasteiger partial charge < -0.3 is 10.1 Å². The summed E-state index contributed by atoms with van der Waals surface area (Å²) in [7, 11) is 1.78. The molecule has 96 valence electrons. The molecule has 2 fully saturated rings. The predicted molar refractivity (Wildman–Crippen MR) is 72.2 cm³/mol. The largest absolute Gasteiger partial charge is 0.496 e. The van der Waals surface area contributed by atoms with Gasteiger partial charge in [0.15, 0.2) is 0 Å². The standard InChI is InChI=1S/C16H21NO/c1-9-5-10-6-13-16(3)14(17-13)8-15(16,2)11(10)7-12(9)18-4/h5,7,13-14,17H,6,8H2,1-4H3/t13-,14?,15+,16?/m0/s1. The SMILES string of the molecule is COc1cc2c(cc1C)C[C@@H]1NC3C[C@@]2(C)C31C. The summed E-state index contributed by atoms with van der Waals surface area (Å²) in [5.41, 5.74) is 5.16. The highest BCUT2D eigenvalue weighted by atomic mass is 16.5. The van der Waals surface area contributed by atoms with E-state index in [9.17, 15) is 0 Å². The number of fused-ring (bicyclic) bond motifs is 2. The van der Waals surface area contributed by atoms with Crippen molar-refractivity contribution in [2.75, 3.05) is 7.11 Å². The van der Waals surface area contributed by atoms with Gasteiger partial charge in [0.05, 0.1) is 7.11 Å². The molecule has 2 nitrogen and oxygen atoms in total. The average molecular weight is 243 g/mol. The lowest BCUT2D eigenvalue weighted by Gasteiger charge is -2.76. The van der Waals surface area contributed by atoms with Gasteiger partial charge in [-0.05, 0) is 42.5 Å². The molecular weight excluding hydrogens is 222 g/mol. The molecule has 0 amide bonds. The highest BCUT2D eigenvalue weighted by Gasteiger charge is 2.72. The van der Waals surface area contributed by atoms with Crippen LogP contribution in [0.2, 0.25) is 0 Å². The molecule has 2 aliphatic carbocycles. The first-order chi connectivity index (χ1) is 8.50. The van der Waals surface area contributed by atoms with Crippen molar-refractivity contribution in [1.29, 1.82) is 0 Å². The molecule has 2 unspecified atom stereocenters. The first-order valence-corrected chi connectivity index (χ1v) is 6.95. The van der Waals surface area contributed by atoms with Crippen molar-refractivity contribution in [3.63, 3.8) is 0 Å². The van der Waals surface area contributed by atoms with Crippen LogP contribution in [0.5, 0.6) is 5.75 Å². The molecule has 1 aromatic carbocycles. The summed E-state index contributed by atoms with van der Waals surface area (Å²) in [6, 6.07) is 6.07. The van der Waals surface area contributed by atoms with Crippen LogP contribution in [-0.2, 0) is 11.8 Å². The van der Waals surface area contributed by atoms with E-state index in [1.165, 1.54) is 24.0 Å². The summed E-state index contributed by atoms with van der Waals surface area (Å²) in [6.45, 7) is 7.06.